The van der Waals surface area contributed by atoms with Crippen LogP contribution in [0.3, 0.4) is 0 Å². The molecule has 114 valence electrons. The van der Waals surface area contributed by atoms with E-state index in [4.69, 9.17) is 20.8 Å². The Morgan fingerprint density at radius 2 is 2.19 bits per heavy atom. The summed E-state index contributed by atoms with van der Waals surface area (Å²) in [6.45, 7) is 7.55. The highest BCUT2D eigenvalue weighted by Gasteiger charge is 2.23. The molecule has 0 radical (unpaired) electrons. The number of hydrogen-bond acceptors (Lipinski definition) is 4. The highest BCUT2D eigenvalue weighted by Crippen LogP contribution is 2.31. The molecule has 0 saturated carbocycles. The number of benzene rings is 1. The quantitative estimate of drug-likeness (QED) is 0.818. The van der Waals surface area contributed by atoms with E-state index in [1.807, 2.05) is 0 Å². The zero-order chi connectivity index (χ0) is 15.1. The predicted octanol–water partition coefficient (Wildman–Crippen LogP) is 2.31. The van der Waals surface area contributed by atoms with Gasteiger partial charge in [-0.3, -0.25) is 4.85 Å². The minimum absolute atomic E-state index is 0.0344. The van der Waals surface area contributed by atoms with Gasteiger partial charge in [-0.05, 0) is 31.0 Å². The van der Waals surface area contributed by atoms with Crippen molar-refractivity contribution in [2.45, 2.75) is 25.0 Å². The van der Waals surface area contributed by atoms with Crippen molar-refractivity contribution in [3.05, 3.63) is 41.0 Å². The van der Waals surface area contributed by atoms with Gasteiger partial charge >= 0.3 is 6.73 Å². The van der Waals surface area contributed by atoms with Crippen molar-refractivity contribution in [1.29, 1.82) is 0 Å². The predicted molar refractivity (Wildman–Crippen MR) is 73.2 cm³/mol. The molecule has 21 heavy (non-hydrogen) atoms. The van der Waals surface area contributed by atoms with Crippen LogP contribution in [0.4, 0.5) is 4.39 Å². The van der Waals surface area contributed by atoms with Gasteiger partial charge in [-0.1, -0.05) is 0 Å². The number of ether oxygens (including phenoxy) is 3. The minimum atomic E-state index is -0.676. The summed E-state index contributed by atoms with van der Waals surface area (Å²) in [6.07, 6.45) is 0.770. The number of aliphatic hydroxyl groups excluding tert-OH is 1. The molecular formula is C15H18FNO4. The van der Waals surface area contributed by atoms with E-state index in [0.717, 1.165) is 12.8 Å². The van der Waals surface area contributed by atoms with Gasteiger partial charge in [0.1, 0.15) is 17.7 Å². The van der Waals surface area contributed by atoms with Crippen molar-refractivity contribution >= 4 is 0 Å². The third-order valence-corrected chi connectivity index (χ3v) is 3.29. The Morgan fingerprint density at radius 3 is 2.86 bits per heavy atom. The molecular weight excluding hydrogens is 277 g/mol. The summed E-state index contributed by atoms with van der Waals surface area (Å²) in [6, 6.07) is 3.98. The molecule has 0 amide bonds. The lowest BCUT2D eigenvalue weighted by molar-refractivity contribution is -0.0855. The number of rotatable bonds is 6. The average Bonchev–Trinajstić information content (AvgIpc) is 2.52. The van der Waals surface area contributed by atoms with Gasteiger partial charge in [-0.15, -0.1) is 0 Å². The molecule has 1 N–H and O–H groups in total. The Balaban J connectivity index is 2.15. The summed E-state index contributed by atoms with van der Waals surface area (Å²) in [5.41, 5.74) is 0.424. The lowest BCUT2D eigenvalue weighted by Gasteiger charge is -2.27. The fraction of sp³-hybridized carbons (Fsp3) is 0.533. The van der Waals surface area contributed by atoms with Crippen LogP contribution in [0.25, 0.3) is 4.85 Å². The van der Waals surface area contributed by atoms with E-state index in [2.05, 4.69) is 4.85 Å². The number of hydrogen-bond donors (Lipinski definition) is 1. The van der Waals surface area contributed by atoms with Gasteiger partial charge in [0.15, 0.2) is 0 Å². The maximum absolute atomic E-state index is 13.5. The van der Waals surface area contributed by atoms with Crippen LogP contribution < -0.4 is 4.74 Å². The molecule has 1 fully saturated rings. The third kappa shape index (κ3) is 4.39. The molecule has 5 nitrogen and oxygen atoms in total. The number of halogens is 1. The number of aliphatic hydroxyl groups is 1. The topological polar surface area (TPSA) is 52.3 Å². The molecule has 0 spiro atoms. The molecule has 2 rings (SSSR count). The first kappa shape index (κ1) is 15.7. The molecule has 1 aromatic rings. The van der Waals surface area contributed by atoms with Crippen LogP contribution in [0.1, 0.15) is 24.5 Å². The van der Waals surface area contributed by atoms with Crippen LogP contribution in [-0.2, 0) is 9.47 Å². The minimum Gasteiger partial charge on any atom is -0.425 e. The van der Waals surface area contributed by atoms with Gasteiger partial charge in [0.2, 0.25) is 0 Å². The van der Waals surface area contributed by atoms with E-state index in [9.17, 15) is 9.50 Å². The summed E-state index contributed by atoms with van der Waals surface area (Å²) >= 11 is 0. The zero-order valence-electron chi connectivity index (χ0n) is 11.6. The summed E-state index contributed by atoms with van der Waals surface area (Å²) < 4.78 is 29.9. The number of nitrogens with zero attached hydrogens (tertiary/aromatic N) is 1. The molecule has 6 heteroatoms. The van der Waals surface area contributed by atoms with Crippen molar-refractivity contribution in [3.63, 3.8) is 0 Å². The smallest absolute Gasteiger partial charge is 0.357 e. The van der Waals surface area contributed by atoms with Crippen LogP contribution in [0.15, 0.2) is 18.2 Å². The van der Waals surface area contributed by atoms with Gasteiger partial charge < -0.3 is 19.3 Å². The van der Waals surface area contributed by atoms with E-state index >= 15 is 0 Å². The molecule has 1 unspecified atom stereocenters. The fourth-order valence-electron chi connectivity index (χ4n) is 2.26. The van der Waals surface area contributed by atoms with E-state index in [-0.39, 0.29) is 19.4 Å². The molecule has 1 aliphatic heterocycles. The van der Waals surface area contributed by atoms with Crippen molar-refractivity contribution in [1.82, 2.24) is 0 Å². The van der Waals surface area contributed by atoms with Crippen molar-refractivity contribution in [3.8, 4) is 5.75 Å². The largest absolute Gasteiger partial charge is 0.425 e. The van der Waals surface area contributed by atoms with Crippen molar-refractivity contribution in [2.24, 2.45) is 0 Å². The first-order valence-electron chi connectivity index (χ1n) is 6.84. The molecule has 1 heterocycles. The van der Waals surface area contributed by atoms with Crippen LogP contribution in [0, 0.1) is 12.4 Å². The summed E-state index contributed by atoms with van der Waals surface area (Å²) in [5, 5.41) is 9.56. The van der Waals surface area contributed by atoms with Gasteiger partial charge in [-0.25, -0.2) is 11.0 Å². The SMILES string of the molecule is [C-]#[N+]COc1ccc(F)cc1C(CO)OC1CCOCC1. The van der Waals surface area contributed by atoms with Gasteiger partial charge in [0.05, 0.1) is 12.7 Å². The highest BCUT2D eigenvalue weighted by molar-refractivity contribution is 5.36. The van der Waals surface area contributed by atoms with E-state index in [1.54, 1.807) is 0 Å². The Morgan fingerprint density at radius 1 is 1.43 bits per heavy atom. The Bertz CT molecular complexity index is 497. The van der Waals surface area contributed by atoms with Gasteiger partial charge in [0, 0.05) is 18.8 Å². The maximum atomic E-state index is 13.5. The standard InChI is InChI=1S/C15H18FNO4/c1-17-10-20-14-3-2-11(16)8-13(14)15(9-18)21-12-4-6-19-7-5-12/h2-3,8,12,15,18H,4-7,9-10H2. The lowest BCUT2D eigenvalue weighted by atomic mass is 10.1. The normalized spacial score (nSPS) is 17.2. The first-order valence-corrected chi connectivity index (χ1v) is 6.84. The second kappa shape index (κ2) is 7.93. The first-order chi connectivity index (χ1) is 10.2. The van der Waals surface area contributed by atoms with E-state index in [1.165, 1.54) is 18.2 Å². The molecule has 0 aromatic heterocycles. The molecule has 0 bridgehead atoms. The van der Waals surface area contributed by atoms with E-state index in [0.29, 0.717) is 24.5 Å². The van der Waals surface area contributed by atoms with Crippen LogP contribution in [0.2, 0.25) is 0 Å². The second-order valence-electron chi connectivity index (χ2n) is 4.73. The van der Waals surface area contributed by atoms with E-state index < -0.39 is 11.9 Å². The lowest BCUT2D eigenvalue weighted by Crippen LogP contribution is -2.26. The van der Waals surface area contributed by atoms with Crippen LogP contribution in [0.5, 0.6) is 5.75 Å². The molecule has 1 aromatic carbocycles. The van der Waals surface area contributed by atoms with Gasteiger partial charge in [0.25, 0.3) is 0 Å². The second-order valence-corrected chi connectivity index (χ2v) is 4.73. The Kier molecular flexibility index (Phi) is 5.93. The maximum Gasteiger partial charge on any atom is 0.357 e. The monoisotopic (exact) mass is 295 g/mol. The summed E-state index contributed by atoms with van der Waals surface area (Å²) in [4.78, 5) is 3.11. The summed E-state index contributed by atoms with van der Waals surface area (Å²) in [7, 11) is 0. The zero-order valence-corrected chi connectivity index (χ0v) is 11.6. The van der Waals surface area contributed by atoms with Crippen molar-refractivity contribution in [2.75, 3.05) is 26.6 Å². The highest BCUT2D eigenvalue weighted by atomic mass is 19.1. The molecule has 1 atom stereocenters. The third-order valence-electron chi connectivity index (χ3n) is 3.29. The van der Waals surface area contributed by atoms with Crippen LogP contribution in [-0.4, -0.2) is 37.8 Å². The van der Waals surface area contributed by atoms with Gasteiger partial charge in [-0.2, -0.15) is 0 Å². The molecule has 1 saturated heterocycles. The Labute approximate surface area is 123 Å². The summed E-state index contributed by atoms with van der Waals surface area (Å²) in [5.74, 6) is -0.0762. The van der Waals surface area contributed by atoms with Crippen molar-refractivity contribution < 1.29 is 23.7 Å². The molecule has 1 aliphatic rings. The van der Waals surface area contributed by atoms with Crippen LogP contribution >= 0.6 is 0 Å². The Hall–Kier alpha value is -1.68. The molecule has 0 aliphatic carbocycles. The average molecular weight is 295 g/mol. The fourth-order valence-corrected chi connectivity index (χ4v) is 2.26.